The number of nitrogens with zero attached hydrogens (tertiary/aromatic N) is 4. The number of piperazine rings is 1. The summed E-state index contributed by atoms with van der Waals surface area (Å²) < 4.78 is 18.5. The summed E-state index contributed by atoms with van der Waals surface area (Å²) in [5, 5.41) is 32.0. The van der Waals surface area contributed by atoms with Gasteiger partial charge in [-0.3, -0.25) is 34.7 Å². The van der Waals surface area contributed by atoms with Gasteiger partial charge in [-0.1, -0.05) is 12.1 Å². The predicted octanol–water partition coefficient (Wildman–Crippen LogP) is 2.77. The van der Waals surface area contributed by atoms with Crippen molar-refractivity contribution in [1.82, 2.24) is 9.80 Å². The van der Waals surface area contributed by atoms with Gasteiger partial charge in [-0.05, 0) is 37.1 Å². The first-order chi connectivity index (χ1) is 17.0. The number of aliphatic carboxylic acids is 1. The van der Waals surface area contributed by atoms with Crippen molar-refractivity contribution in [2.45, 2.75) is 38.9 Å². The summed E-state index contributed by atoms with van der Waals surface area (Å²) in [6.07, 6.45) is -0.654. The molecule has 1 saturated heterocycles. The quantitative estimate of drug-likeness (QED) is 0.400. The van der Waals surface area contributed by atoms with Crippen molar-refractivity contribution < 1.29 is 33.7 Å². The van der Waals surface area contributed by atoms with Gasteiger partial charge in [-0.2, -0.15) is 0 Å². The van der Waals surface area contributed by atoms with Crippen LogP contribution in [0.2, 0.25) is 0 Å². The molecule has 1 heterocycles. The van der Waals surface area contributed by atoms with E-state index >= 15 is 0 Å². The zero-order valence-electron chi connectivity index (χ0n) is 19.6. The van der Waals surface area contributed by atoms with Gasteiger partial charge >= 0.3 is 17.3 Å². The van der Waals surface area contributed by atoms with Crippen molar-refractivity contribution in [3.63, 3.8) is 0 Å². The molecule has 2 aromatic carbocycles. The normalized spacial score (nSPS) is 18.0. The van der Waals surface area contributed by atoms with Gasteiger partial charge in [0.2, 0.25) is 0 Å². The first kappa shape index (κ1) is 26.5. The third-order valence-corrected chi connectivity index (χ3v) is 5.93. The van der Waals surface area contributed by atoms with E-state index in [9.17, 15) is 34.2 Å². The van der Waals surface area contributed by atoms with Crippen LogP contribution >= 0.6 is 0 Å². The molecule has 13 heteroatoms. The second-order valence-electron chi connectivity index (χ2n) is 8.64. The molecule has 0 saturated carbocycles. The van der Waals surface area contributed by atoms with Crippen molar-refractivity contribution in [3.8, 4) is 5.75 Å². The largest absolute Gasteiger partial charge is 0.481 e. The summed E-state index contributed by atoms with van der Waals surface area (Å²) in [6, 6.07) is 7.62. The number of rotatable bonds is 9. The number of hydrogen-bond acceptors (Lipinski definition) is 8. The molecule has 1 fully saturated rings. The van der Waals surface area contributed by atoms with Crippen LogP contribution in [0.1, 0.15) is 25.0 Å². The molecule has 192 valence electrons. The molecule has 2 unspecified atom stereocenters. The number of carboxylic acid groups (broad SMARTS) is 1. The molecule has 12 nitrogen and oxygen atoms in total. The van der Waals surface area contributed by atoms with E-state index in [-0.39, 0.29) is 23.5 Å². The van der Waals surface area contributed by atoms with Crippen LogP contribution in [0.25, 0.3) is 0 Å². The third-order valence-electron chi connectivity index (χ3n) is 5.93. The summed E-state index contributed by atoms with van der Waals surface area (Å²) >= 11 is 0. The number of halogens is 1. The van der Waals surface area contributed by atoms with Crippen LogP contribution in [-0.2, 0) is 22.6 Å². The highest BCUT2D eigenvalue weighted by molar-refractivity contribution is 5.79. The Kier molecular flexibility index (Phi) is 8.14. The van der Waals surface area contributed by atoms with E-state index in [4.69, 9.17) is 9.84 Å². The molecule has 1 N–H and O–H groups in total. The van der Waals surface area contributed by atoms with Gasteiger partial charge in [0.05, 0.1) is 16.3 Å². The number of nitro groups is 2. The Morgan fingerprint density at radius 2 is 1.61 bits per heavy atom. The van der Waals surface area contributed by atoms with E-state index in [1.165, 1.54) is 12.1 Å². The number of benzene rings is 2. The van der Waals surface area contributed by atoms with E-state index < -0.39 is 51.9 Å². The fourth-order valence-electron chi connectivity index (χ4n) is 4.16. The lowest BCUT2D eigenvalue weighted by Gasteiger charge is -2.44. The van der Waals surface area contributed by atoms with Crippen molar-refractivity contribution in [1.29, 1.82) is 0 Å². The van der Waals surface area contributed by atoms with Gasteiger partial charge < -0.3 is 14.7 Å². The molecule has 0 aromatic heterocycles. The predicted molar refractivity (Wildman–Crippen MR) is 124 cm³/mol. The van der Waals surface area contributed by atoms with E-state index in [0.29, 0.717) is 19.6 Å². The summed E-state index contributed by atoms with van der Waals surface area (Å²) in [5.74, 6) is -2.85. The minimum atomic E-state index is -1.32. The summed E-state index contributed by atoms with van der Waals surface area (Å²) in [6.45, 7) is 4.47. The molecular formula is C23H25FN4O8. The van der Waals surface area contributed by atoms with Gasteiger partial charge in [0.1, 0.15) is 5.82 Å². The Morgan fingerprint density at radius 1 is 1.03 bits per heavy atom. The molecule has 1 aliphatic heterocycles. The van der Waals surface area contributed by atoms with Crippen LogP contribution in [0.5, 0.6) is 5.75 Å². The Labute approximate surface area is 205 Å². The van der Waals surface area contributed by atoms with Crippen LogP contribution in [0.15, 0.2) is 36.4 Å². The molecule has 2 atom stereocenters. The molecule has 3 rings (SSSR count). The molecule has 1 amide bonds. The first-order valence-electron chi connectivity index (χ1n) is 11.0. The van der Waals surface area contributed by atoms with Crippen molar-refractivity contribution in [2.24, 2.45) is 0 Å². The van der Waals surface area contributed by atoms with Crippen molar-refractivity contribution >= 4 is 23.3 Å². The SMILES string of the molecule is CC1CN(C(=O)COc2c([N+](=O)[O-])cc(CC(=O)O)cc2[N+](=O)[O-])C(C)CN1Cc1ccc(F)cc1. The standard InChI is InChI=1S/C23H25FN4O8/c1-14-11-26(15(2)10-25(14)12-16-3-5-18(24)6-4-16)21(29)13-36-23-19(27(32)33)7-17(9-22(30)31)8-20(23)28(34)35/h3-8,14-15H,9-13H2,1-2H3,(H,30,31). The maximum atomic E-state index is 13.2. The highest BCUT2D eigenvalue weighted by atomic mass is 19.1. The van der Waals surface area contributed by atoms with E-state index in [1.807, 2.05) is 13.8 Å². The van der Waals surface area contributed by atoms with E-state index in [1.54, 1.807) is 17.0 Å². The lowest BCUT2D eigenvalue weighted by atomic mass is 10.1. The minimum absolute atomic E-state index is 0.0609. The third kappa shape index (κ3) is 6.30. The fraction of sp³-hybridized carbons (Fsp3) is 0.391. The Morgan fingerprint density at radius 3 is 2.14 bits per heavy atom. The molecule has 0 bridgehead atoms. The van der Waals surface area contributed by atoms with Crippen LogP contribution in [-0.4, -0.2) is 68.4 Å². The summed E-state index contributed by atoms with van der Waals surface area (Å²) in [5.41, 5.74) is -0.804. The highest BCUT2D eigenvalue weighted by Gasteiger charge is 2.34. The number of amides is 1. The second-order valence-corrected chi connectivity index (χ2v) is 8.64. The van der Waals surface area contributed by atoms with Crippen molar-refractivity contribution in [3.05, 3.63) is 73.6 Å². The average molecular weight is 504 g/mol. The molecule has 0 aliphatic carbocycles. The van der Waals surface area contributed by atoms with E-state index in [2.05, 4.69) is 4.90 Å². The summed E-state index contributed by atoms with van der Waals surface area (Å²) in [7, 11) is 0. The fourth-order valence-corrected chi connectivity index (χ4v) is 4.16. The maximum absolute atomic E-state index is 13.2. The zero-order chi connectivity index (χ0) is 26.6. The Bertz CT molecular complexity index is 1140. The monoisotopic (exact) mass is 504 g/mol. The molecular weight excluding hydrogens is 479 g/mol. The van der Waals surface area contributed by atoms with E-state index in [0.717, 1.165) is 17.7 Å². The number of nitro benzene ring substituents is 2. The highest BCUT2D eigenvalue weighted by Crippen LogP contribution is 2.38. The molecule has 36 heavy (non-hydrogen) atoms. The summed E-state index contributed by atoms with van der Waals surface area (Å²) in [4.78, 5) is 48.8. The smallest absolute Gasteiger partial charge is 0.318 e. The average Bonchev–Trinajstić information content (AvgIpc) is 2.80. The molecule has 0 radical (unpaired) electrons. The molecule has 2 aromatic rings. The number of ether oxygens (including phenoxy) is 1. The number of carbonyl (C=O) groups excluding carboxylic acids is 1. The van der Waals surface area contributed by atoms with Crippen LogP contribution in [0.4, 0.5) is 15.8 Å². The topological polar surface area (TPSA) is 156 Å². The molecule has 1 aliphatic rings. The first-order valence-corrected chi connectivity index (χ1v) is 11.0. The number of carbonyl (C=O) groups is 2. The van der Waals surface area contributed by atoms with Gasteiger partial charge in [-0.15, -0.1) is 0 Å². The lowest BCUT2D eigenvalue weighted by molar-refractivity contribution is -0.396. The van der Waals surface area contributed by atoms with Gasteiger partial charge in [0, 0.05) is 43.9 Å². The van der Waals surface area contributed by atoms with Gasteiger partial charge in [-0.25, -0.2) is 4.39 Å². The van der Waals surface area contributed by atoms with Crippen molar-refractivity contribution in [2.75, 3.05) is 19.7 Å². The molecule has 0 spiro atoms. The van der Waals surface area contributed by atoms with Crippen LogP contribution in [0, 0.1) is 26.0 Å². The number of hydrogen-bond donors (Lipinski definition) is 1. The number of carboxylic acids is 1. The second kappa shape index (κ2) is 11.1. The lowest BCUT2D eigenvalue weighted by Crippen LogP contribution is -2.58. The van der Waals surface area contributed by atoms with Crippen LogP contribution < -0.4 is 4.74 Å². The minimum Gasteiger partial charge on any atom is -0.481 e. The van der Waals surface area contributed by atoms with Crippen LogP contribution in [0.3, 0.4) is 0 Å². The maximum Gasteiger partial charge on any atom is 0.318 e. The Hall–Kier alpha value is -4.13. The van der Waals surface area contributed by atoms with Gasteiger partial charge in [0.15, 0.2) is 6.61 Å². The van der Waals surface area contributed by atoms with Gasteiger partial charge in [0.25, 0.3) is 11.7 Å². The Balaban J connectivity index is 1.72. The zero-order valence-corrected chi connectivity index (χ0v) is 19.6.